The smallest absolute Gasteiger partial charge is 0.317 e. The van der Waals surface area contributed by atoms with E-state index < -0.39 is 0 Å². The number of ether oxygens (including phenoxy) is 1. The molecule has 0 saturated carbocycles. The minimum Gasteiger partial charge on any atom is -0.393 e. The lowest BCUT2D eigenvalue weighted by Crippen LogP contribution is -2.26. The molecule has 1 fully saturated rings. The molecule has 3 nitrogen and oxygen atoms in total. The summed E-state index contributed by atoms with van der Waals surface area (Å²) in [6, 6.07) is 10.2. The largest absolute Gasteiger partial charge is 0.393 e. The van der Waals surface area contributed by atoms with Crippen molar-refractivity contribution in [3.8, 4) is 0 Å². The maximum Gasteiger partial charge on any atom is 0.317 e. The van der Waals surface area contributed by atoms with E-state index in [1.807, 2.05) is 32.0 Å². The molecule has 0 bridgehead atoms. The minimum absolute atomic E-state index is 0.123. The summed E-state index contributed by atoms with van der Waals surface area (Å²) in [4.78, 5) is 23.9. The normalized spacial score (nSPS) is 23.7. The van der Waals surface area contributed by atoms with E-state index in [1.165, 1.54) is 5.56 Å². The van der Waals surface area contributed by atoms with Gasteiger partial charge in [0.2, 0.25) is 0 Å². The van der Waals surface area contributed by atoms with Crippen LogP contribution in [0.4, 0.5) is 0 Å². The monoisotopic (exact) mass is 288 g/mol. The third kappa shape index (κ3) is 3.34. The van der Waals surface area contributed by atoms with Crippen LogP contribution in [-0.2, 0) is 14.3 Å². The second-order valence-electron chi connectivity index (χ2n) is 6.61. The van der Waals surface area contributed by atoms with Crippen LogP contribution in [0.2, 0.25) is 0 Å². The molecule has 1 heterocycles. The zero-order valence-electron chi connectivity index (χ0n) is 13.2. The molecule has 1 aromatic carbocycles. The fourth-order valence-corrected chi connectivity index (χ4v) is 3.30. The van der Waals surface area contributed by atoms with E-state index >= 15 is 0 Å². The topological polar surface area (TPSA) is 43.4 Å². The molecule has 0 aromatic heterocycles. The Bertz CT molecular complexity index is 504. The van der Waals surface area contributed by atoms with Gasteiger partial charge in [-0.2, -0.15) is 0 Å². The average Bonchev–Trinajstić information content (AvgIpc) is 2.70. The molecule has 3 unspecified atom stereocenters. The molecule has 1 aliphatic rings. The highest BCUT2D eigenvalue weighted by Gasteiger charge is 2.46. The van der Waals surface area contributed by atoms with Crippen molar-refractivity contribution in [2.24, 2.45) is 23.7 Å². The molecule has 0 aliphatic carbocycles. The van der Waals surface area contributed by atoms with Gasteiger partial charge in [0.1, 0.15) is 0 Å². The van der Waals surface area contributed by atoms with Crippen molar-refractivity contribution in [3.05, 3.63) is 35.9 Å². The minimum atomic E-state index is -0.351. The fourth-order valence-electron chi connectivity index (χ4n) is 3.30. The molecule has 0 N–H and O–H groups in total. The predicted molar refractivity (Wildman–Crippen MR) is 81.6 cm³/mol. The van der Waals surface area contributed by atoms with Gasteiger partial charge in [-0.15, -0.1) is 0 Å². The summed E-state index contributed by atoms with van der Waals surface area (Å²) in [5.74, 6) is -0.527. The van der Waals surface area contributed by atoms with E-state index in [4.69, 9.17) is 4.74 Å². The number of rotatable bonds is 5. The van der Waals surface area contributed by atoms with Crippen LogP contribution in [0.15, 0.2) is 30.3 Å². The van der Waals surface area contributed by atoms with E-state index in [-0.39, 0.29) is 35.6 Å². The second kappa shape index (κ2) is 6.42. The van der Waals surface area contributed by atoms with Gasteiger partial charge in [-0.3, -0.25) is 9.59 Å². The average molecular weight is 288 g/mol. The number of hydrogen-bond acceptors (Lipinski definition) is 3. The Morgan fingerprint density at radius 1 is 1.00 bits per heavy atom. The van der Waals surface area contributed by atoms with Gasteiger partial charge < -0.3 is 4.74 Å². The van der Waals surface area contributed by atoms with Crippen molar-refractivity contribution in [2.45, 2.75) is 40.0 Å². The molecule has 1 saturated heterocycles. The maximum atomic E-state index is 12.0. The first kappa shape index (κ1) is 15.7. The standard InChI is InChI=1S/C18H24O3/c1-11(2)14(13-8-6-5-7-9-13)10-15-16(12(3)4)18(20)21-17(15)19/h5-9,11-12,14-16H,10H2,1-4H3. The summed E-state index contributed by atoms with van der Waals surface area (Å²) in [5, 5.41) is 0. The van der Waals surface area contributed by atoms with Crippen LogP contribution in [0.1, 0.15) is 45.6 Å². The molecule has 0 amide bonds. The van der Waals surface area contributed by atoms with Crippen molar-refractivity contribution < 1.29 is 14.3 Å². The SMILES string of the molecule is CC(C)C(CC1C(=O)OC(=O)C1C(C)C)c1ccccc1. The number of cyclic esters (lactones) is 2. The van der Waals surface area contributed by atoms with Crippen LogP contribution in [-0.4, -0.2) is 11.9 Å². The zero-order valence-corrected chi connectivity index (χ0v) is 13.2. The molecule has 0 spiro atoms. The quantitative estimate of drug-likeness (QED) is 0.611. The maximum absolute atomic E-state index is 12.0. The highest BCUT2D eigenvalue weighted by molar-refractivity contribution is 5.96. The van der Waals surface area contributed by atoms with Crippen LogP contribution in [0, 0.1) is 23.7 Å². The van der Waals surface area contributed by atoms with Crippen molar-refractivity contribution in [3.63, 3.8) is 0 Å². The molecule has 0 radical (unpaired) electrons. The fraction of sp³-hybridized carbons (Fsp3) is 0.556. The molecular weight excluding hydrogens is 264 g/mol. The van der Waals surface area contributed by atoms with Gasteiger partial charge in [-0.05, 0) is 29.7 Å². The van der Waals surface area contributed by atoms with Crippen molar-refractivity contribution in [1.82, 2.24) is 0 Å². The summed E-state index contributed by atoms with van der Waals surface area (Å²) < 4.78 is 4.89. The van der Waals surface area contributed by atoms with Crippen LogP contribution >= 0.6 is 0 Å². The van der Waals surface area contributed by atoms with E-state index in [9.17, 15) is 9.59 Å². The Balaban J connectivity index is 2.24. The predicted octanol–water partition coefficient (Wildman–Crippen LogP) is 3.79. The Labute approximate surface area is 126 Å². The van der Waals surface area contributed by atoms with Crippen molar-refractivity contribution in [2.75, 3.05) is 0 Å². The number of hydrogen-bond donors (Lipinski definition) is 0. The molecule has 2 rings (SSSR count). The second-order valence-corrected chi connectivity index (χ2v) is 6.61. The molecule has 1 aliphatic heterocycles. The highest BCUT2D eigenvalue weighted by Crippen LogP contribution is 2.39. The molecule has 21 heavy (non-hydrogen) atoms. The molecule has 3 atom stereocenters. The van der Waals surface area contributed by atoms with Crippen LogP contribution in [0.3, 0.4) is 0 Å². The lowest BCUT2D eigenvalue weighted by Gasteiger charge is -2.26. The molecular formula is C18H24O3. The van der Waals surface area contributed by atoms with E-state index in [2.05, 4.69) is 26.0 Å². The number of esters is 2. The van der Waals surface area contributed by atoms with Gasteiger partial charge in [0.15, 0.2) is 0 Å². The first-order chi connectivity index (χ1) is 9.91. The summed E-state index contributed by atoms with van der Waals surface area (Å²) in [6.45, 7) is 8.27. The van der Waals surface area contributed by atoms with Gasteiger partial charge >= 0.3 is 11.9 Å². The van der Waals surface area contributed by atoms with Crippen LogP contribution in [0.25, 0.3) is 0 Å². The van der Waals surface area contributed by atoms with Gasteiger partial charge in [0.25, 0.3) is 0 Å². The van der Waals surface area contributed by atoms with Gasteiger partial charge in [-0.25, -0.2) is 0 Å². The highest BCUT2D eigenvalue weighted by atomic mass is 16.6. The lowest BCUT2D eigenvalue weighted by molar-refractivity contribution is -0.154. The van der Waals surface area contributed by atoms with E-state index in [1.54, 1.807) is 0 Å². The molecule has 1 aromatic rings. The van der Waals surface area contributed by atoms with Crippen molar-refractivity contribution in [1.29, 1.82) is 0 Å². The van der Waals surface area contributed by atoms with E-state index in [0.717, 1.165) is 0 Å². The zero-order chi connectivity index (χ0) is 15.6. The van der Waals surface area contributed by atoms with Gasteiger partial charge in [0.05, 0.1) is 11.8 Å². The van der Waals surface area contributed by atoms with Crippen molar-refractivity contribution >= 4 is 11.9 Å². The van der Waals surface area contributed by atoms with Gasteiger partial charge in [0, 0.05) is 0 Å². The lowest BCUT2D eigenvalue weighted by atomic mass is 9.75. The summed E-state index contributed by atoms with van der Waals surface area (Å²) >= 11 is 0. The third-order valence-electron chi connectivity index (χ3n) is 4.47. The Morgan fingerprint density at radius 3 is 2.14 bits per heavy atom. The van der Waals surface area contributed by atoms with E-state index in [0.29, 0.717) is 12.3 Å². The van der Waals surface area contributed by atoms with Crippen LogP contribution < -0.4 is 0 Å². The summed E-state index contributed by atoms with van der Waals surface area (Å²) in [5.41, 5.74) is 1.22. The Hall–Kier alpha value is -1.64. The number of benzene rings is 1. The Morgan fingerprint density at radius 2 is 1.62 bits per heavy atom. The van der Waals surface area contributed by atoms with Crippen LogP contribution in [0.5, 0.6) is 0 Å². The first-order valence-electron chi connectivity index (χ1n) is 7.72. The molecule has 3 heteroatoms. The first-order valence-corrected chi connectivity index (χ1v) is 7.72. The number of carbonyl (C=O) groups is 2. The summed E-state index contributed by atoms with van der Waals surface area (Å²) in [7, 11) is 0. The number of carbonyl (C=O) groups excluding carboxylic acids is 2. The summed E-state index contributed by atoms with van der Waals surface area (Å²) in [6.07, 6.45) is 0.676. The molecule has 114 valence electrons. The van der Waals surface area contributed by atoms with Gasteiger partial charge in [-0.1, -0.05) is 58.0 Å². The Kier molecular flexibility index (Phi) is 4.81. The third-order valence-corrected chi connectivity index (χ3v) is 4.47.